The molecule has 11 heteroatoms. The number of piperidine rings is 1. The summed E-state index contributed by atoms with van der Waals surface area (Å²) in [5.74, 6) is 0.500. The number of carbonyl (C=O) groups excluding carboxylic acids is 1. The largest absolute Gasteiger partial charge is 0.496 e. The van der Waals surface area contributed by atoms with Crippen LogP contribution in [0.25, 0.3) is 0 Å². The van der Waals surface area contributed by atoms with Gasteiger partial charge in [0.15, 0.2) is 0 Å². The monoisotopic (exact) mass is 573 g/mol. The van der Waals surface area contributed by atoms with E-state index >= 15 is 0 Å². The van der Waals surface area contributed by atoms with Crippen LogP contribution in [-0.2, 0) is 21.4 Å². The fraction of sp³-hybridized carbons (Fsp3) is 0.552. The average molecular weight is 574 g/mol. The number of ether oxygens (including phenoxy) is 1. The van der Waals surface area contributed by atoms with Gasteiger partial charge in [0, 0.05) is 50.7 Å². The number of nitrogens with zero attached hydrogens (tertiary/aromatic N) is 2. The highest BCUT2D eigenvalue weighted by Gasteiger charge is 2.43. The van der Waals surface area contributed by atoms with Crippen molar-refractivity contribution in [1.82, 2.24) is 25.4 Å². The summed E-state index contributed by atoms with van der Waals surface area (Å²) in [5.41, 5.74) is 8.34. The summed E-state index contributed by atoms with van der Waals surface area (Å²) in [6.45, 7) is 1.98. The zero-order valence-corrected chi connectivity index (χ0v) is 24.2. The van der Waals surface area contributed by atoms with Gasteiger partial charge in [-0.3, -0.25) is 15.1 Å². The molecule has 218 valence electrons. The number of sulfonamides is 1. The molecule has 1 saturated carbocycles. The molecule has 3 aliphatic rings. The van der Waals surface area contributed by atoms with Gasteiger partial charge in [0.05, 0.1) is 18.0 Å². The van der Waals surface area contributed by atoms with Crippen LogP contribution < -0.4 is 20.9 Å². The second kappa shape index (κ2) is 12.1. The number of methoxy groups -OCH3 is 1. The van der Waals surface area contributed by atoms with Gasteiger partial charge in [-0.15, -0.1) is 0 Å². The number of hydrogen-bond donors (Lipinski definition) is 3. The predicted octanol–water partition coefficient (Wildman–Crippen LogP) is 2.80. The fourth-order valence-corrected chi connectivity index (χ4v) is 7.33. The van der Waals surface area contributed by atoms with Gasteiger partial charge < -0.3 is 10.1 Å². The van der Waals surface area contributed by atoms with Crippen LogP contribution in [0.1, 0.15) is 49.3 Å². The smallest absolute Gasteiger partial charge is 0.242 e. The van der Waals surface area contributed by atoms with Gasteiger partial charge >= 0.3 is 0 Å². The van der Waals surface area contributed by atoms with Crippen molar-refractivity contribution in [3.05, 3.63) is 59.4 Å². The zero-order valence-electron chi connectivity index (χ0n) is 23.4. The fourth-order valence-electron chi connectivity index (χ4n) is 6.43. The Labute approximate surface area is 236 Å². The Hall–Kier alpha value is -2.57. The number of likely N-dealkylation sites (tertiary alicyclic amines) is 1. The molecule has 5 rings (SSSR count). The number of hydrazine groups is 1. The maximum absolute atomic E-state index is 14.5. The van der Waals surface area contributed by atoms with E-state index in [-0.39, 0.29) is 46.6 Å². The lowest BCUT2D eigenvalue weighted by Crippen LogP contribution is -2.50. The maximum Gasteiger partial charge on any atom is 0.242 e. The SMILES string of the molecule is COc1cccc(F)c1CN1CCC[C@@H](NC(=O)C2CCC3NNC(c4ccc(S(=O)(=O)N(C)C)cc4)C3C2)C1. The van der Waals surface area contributed by atoms with Crippen LogP contribution in [0.3, 0.4) is 0 Å². The van der Waals surface area contributed by atoms with Crippen LogP contribution in [0.4, 0.5) is 4.39 Å². The molecule has 0 aromatic heterocycles. The van der Waals surface area contributed by atoms with Crippen molar-refractivity contribution in [2.45, 2.75) is 61.7 Å². The molecule has 2 aromatic rings. The van der Waals surface area contributed by atoms with Crippen molar-refractivity contribution < 1.29 is 22.3 Å². The molecule has 2 aliphatic heterocycles. The normalized spacial score (nSPS) is 27.4. The maximum atomic E-state index is 14.5. The Kier molecular flexibility index (Phi) is 8.77. The summed E-state index contributed by atoms with van der Waals surface area (Å²) in [5, 5.41) is 3.30. The minimum absolute atomic E-state index is 0.00219. The van der Waals surface area contributed by atoms with Gasteiger partial charge in [-0.05, 0) is 74.4 Å². The molecule has 40 heavy (non-hydrogen) atoms. The summed E-state index contributed by atoms with van der Waals surface area (Å²) in [4.78, 5) is 15.9. The Balaban J connectivity index is 1.19. The topological polar surface area (TPSA) is 103 Å². The minimum atomic E-state index is -3.49. The molecule has 0 radical (unpaired) electrons. The van der Waals surface area contributed by atoms with E-state index in [1.54, 1.807) is 31.4 Å². The molecule has 3 N–H and O–H groups in total. The summed E-state index contributed by atoms with van der Waals surface area (Å²) in [6.07, 6.45) is 4.30. The Bertz CT molecular complexity index is 1310. The van der Waals surface area contributed by atoms with Gasteiger partial charge in [-0.25, -0.2) is 22.5 Å². The van der Waals surface area contributed by atoms with E-state index in [1.807, 2.05) is 12.1 Å². The molecule has 1 aliphatic carbocycles. The molecule has 2 saturated heterocycles. The molecular formula is C29H40FN5O4S. The number of carbonyl (C=O) groups is 1. The molecule has 4 unspecified atom stereocenters. The highest BCUT2D eigenvalue weighted by Crippen LogP contribution is 2.40. The van der Waals surface area contributed by atoms with E-state index in [9.17, 15) is 17.6 Å². The lowest BCUT2D eigenvalue weighted by atomic mass is 9.74. The van der Waals surface area contributed by atoms with Crippen LogP contribution in [0.5, 0.6) is 5.75 Å². The summed E-state index contributed by atoms with van der Waals surface area (Å²) in [6, 6.07) is 12.2. The number of benzene rings is 2. The first kappa shape index (κ1) is 28.9. The molecule has 5 atom stereocenters. The third-order valence-corrected chi connectivity index (χ3v) is 10.5. The Morgan fingerprint density at radius 1 is 1.12 bits per heavy atom. The quantitative estimate of drug-likeness (QED) is 0.446. The van der Waals surface area contributed by atoms with Gasteiger partial charge in [0.2, 0.25) is 15.9 Å². The van der Waals surface area contributed by atoms with E-state index < -0.39 is 10.0 Å². The zero-order chi connectivity index (χ0) is 28.4. The second-order valence-corrected chi connectivity index (χ2v) is 13.6. The van der Waals surface area contributed by atoms with Crippen LogP contribution in [0.2, 0.25) is 0 Å². The molecule has 2 aromatic carbocycles. The third-order valence-electron chi connectivity index (χ3n) is 8.67. The van der Waals surface area contributed by atoms with E-state index in [1.165, 1.54) is 24.5 Å². The molecule has 0 spiro atoms. The number of rotatable bonds is 8. The van der Waals surface area contributed by atoms with Gasteiger partial charge in [-0.1, -0.05) is 18.2 Å². The molecule has 3 fully saturated rings. The number of nitrogens with one attached hydrogen (secondary N) is 3. The first-order valence-electron chi connectivity index (χ1n) is 14.0. The van der Waals surface area contributed by atoms with Crippen molar-refractivity contribution in [2.24, 2.45) is 11.8 Å². The van der Waals surface area contributed by atoms with Crippen LogP contribution in [-0.4, -0.2) is 69.9 Å². The molecular weight excluding hydrogens is 533 g/mol. The van der Waals surface area contributed by atoms with Crippen molar-refractivity contribution >= 4 is 15.9 Å². The third kappa shape index (κ3) is 6.03. The number of hydrogen-bond acceptors (Lipinski definition) is 7. The molecule has 0 bridgehead atoms. The summed E-state index contributed by atoms with van der Waals surface area (Å²) in [7, 11) is 1.11. The lowest BCUT2D eigenvalue weighted by molar-refractivity contribution is -0.127. The van der Waals surface area contributed by atoms with E-state index in [2.05, 4.69) is 21.1 Å². The molecule has 2 heterocycles. The Morgan fingerprint density at radius 2 is 1.90 bits per heavy atom. The second-order valence-electron chi connectivity index (χ2n) is 11.4. The molecule has 9 nitrogen and oxygen atoms in total. The van der Waals surface area contributed by atoms with Crippen molar-refractivity contribution in [3.63, 3.8) is 0 Å². The minimum Gasteiger partial charge on any atom is -0.496 e. The van der Waals surface area contributed by atoms with Crippen molar-refractivity contribution in [3.8, 4) is 5.75 Å². The standard InChI is InChI=1S/C29H40FN5O4S/c1-34(2)40(37,38)22-12-9-19(10-13-22)28-23-16-20(11-14-26(23)32-33-28)29(36)31-21-6-5-15-35(17-21)18-24-25(30)7-4-8-27(24)39-3/h4,7-10,12-13,20-21,23,26,28,32-33H,5-6,11,14-18H2,1-3H3,(H,31,36)/t20?,21-,23?,26?,28?/m1/s1. The summed E-state index contributed by atoms with van der Waals surface area (Å²) < 4.78 is 46.0. The van der Waals surface area contributed by atoms with Gasteiger partial charge in [0.25, 0.3) is 0 Å². The number of halogens is 1. The highest BCUT2D eigenvalue weighted by atomic mass is 32.2. The van der Waals surface area contributed by atoms with E-state index in [0.29, 0.717) is 24.4 Å². The first-order chi connectivity index (χ1) is 19.2. The number of fused-ring (bicyclic) bond motifs is 1. The van der Waals surface area contributed by atoms with Crippen LogP contribution >= 0.6 is 0 Å². The number of amides is 1. The van der Waals surface area contributed by atoms with Gasteiger partial charge in [0.1, 0.15) is 11.6 Å². The lowest BCUT2D eigenvalue weighted by Gasteiger charge is -2.36. The predicted molar refractivity (Wildman–Crippen MR) is 150 cm³/mol. The first-order valence-corrected chi connectivity index (χ1v) is 15.5. The van der Waals surface area contributed by atoms with Gasteiger partial charge in [-0.2, -0.15) is 0 Å². The average Bonchev–Trinajstić information content (AvgIpc) is 3.37. The van der Waals surface area contributed by atoms with E-state index in [4.69, 9.17) is 4.74 Å². The van der Waals surface area contributed by atoms with E-state index in [0.717, 1.165) is 44.2 Å². The van der Waals surface area contributed by atoms with Crippen LogP contribution in [0.15, 0.2) is 47.4 Å². The van der Waals surface area contributed by atoms with Crippen molar-refractivity contribution in [1.29, 1.82) is 0 Å². The van der Waals surface area contributed by atoms with Crippen molar-refractivity contribution in [2.75, 3.05) is 34.3 Å². The molecule has 1 amide bonds. The highest BCUT2D eigenvalue weighted by molar-refractivity contribution is 7.89. The van der Waals surface area contributed by atoms with Crippen LogP contribution in [0, 0.1) is 17.7 Å². The Morgan fingerprint density at radius 3 is 2.62 bits per heavy atom. The summed E-state index contributed by atoms with van der Waals surface area (Å²) >= 11 is 0.